The van der Waals surface area contributed by atoms with Crippen molar-refractivity contribution in [2.75, 3.05) is 0 Å². The van der Waals surface area contributed by atoms with Crippen molar-refractivity contribution in [3.05, 3.63) is 35.9 Å². The van der Waals surface area contributed by atoms with Crippen LogP contribution in [-0.2, 0) is 39.9 Å². The van der Waals surface area contributed by atoms with Crippen molar-refractivity contribution in [1.29, 1.82) is 0 Å². The highest BCUT2D eigenvalue weighted by Crippen LogP contribution is 2.21. The van der Waals surface area contributed by atoms with Crippen LogP contribution in [0.5, 0.6) is 0 Å². The van der Waals surface area contributed by atoms with Gasteiger partial charge in [-0.1, -0.05) is 56.0 Å². The number of esters is 2. The lowest BCUT2D eigenvalue weighted by Gasteiger charge is -2.25. The van der Waals surface area contributed by atoms with Crippen molar-refractivity contribution in [3.63, 3.8) is 0 Å². The first-order valence-corrected chi connectivity index (χ1v) is 15.4. The van der Waals surface area contributed by atoms with Gasteiger partial charge in [0.2, 0.25) is 17.7 Å². The first kappa shape index (κ1) is 35.7. The maximum atomic E-state index is 13.3. The Balaban J connectivity index is 1.93. The van der Waals surface area contributed by atoms with Gasteiger partial charge in [-0.05, 0) is 64.9 Å². The molecule has 1 aromatic carbocycles. The third-order valence-corrected chi connectivity index (χ3v) is 7.20. The smallest absolute Gasteiger partial charge is 0.308 e. The first-order chi connectivity index (χ1) is 20.3. The fourth-order valence-electron chi connectivity index (χ4n) is 4.93. The summed E-state index contributed by atoms with van der Waals surface area (Å²) in [5.41, 5.74) is 12.0. The van der Waals surface area contributed by atoms with Crippen LogP contribution in [0.2, 0.25) is 0 Å². The Kier molecular flexibility index (Phi) is 15.2. The Morgan fingerprint density at radius 1 is 0.860 bits per heavy atom. The number of nitrogens with one attached hydrogen (secondary N) is 2. The summed E-state index contributed by atoms with van der Waals surface area (Å²) in [6.07, 6.45) is 7.63. The van der Waals surface area contributed by atoms with E-state index in [0.29, 0.717) is 25.7 Å². The quantitative estimate of drug-likeness (QED) is 0.155. The molecule has 0 bridgehead atoms. The molecule has 0 unspecified atom stereocenters. The number of nitrogens with two attached hydrogens (primary N) is 2. The van der Waals surface area contributed by atoms with E-state index in [0.717, 1.165) is 50.5 Å². The largest absolute Gasteiger partial charge is 0.462 e. The molecule has 0 spiro atoms. The molecular weight excluding hydrogens is 552 g/mol. The molecule has 43 heavy (non-hydrogen) atoms. The van der Waals surface area contributed by atoms with Gasteiger partial charge in [0.25, 0.3) is 0 Å². The van der Waals surface area contributed by atoms with E-state index in [1.165, 1.54) is 0 Å². The van der Waals surface area contributed by atoms with Crippen LogP contribution in [0.3, 0.4) is 0 Å². The summed E-state index contributed by atoms with van der Waals surface area (Å²) in [6.45, 7) is 5.48. The second-order valence-corrected chi connectivity index (χ2v) is 12.3. The zero-order valence-corrected chi connectivity index (χ0v) is 25.9. The number of unbranched alkanes of at least 4 members (excludes halogenated alkanes) is 3. The second-order valence-electron chi connectivity index (χ2n) is 12.3. The number of rotatable bonds is 17. The minimum absolute atomic E-state index is 0.155. The Labute approximate surface area is 255 Å². The van der Waals surface area contributed by atoms with Crippen LogP contribution in [0.4, 0.5) is 0 Å². The monoisotopic (exact) mass is 602 g/mol. The molecule has 1 aliphatic carbocycles. The van der Waals surface area contributed by atoms with Crippen LogP contribution < -0.4 is 22.1 Å². The Hall–Kier alpha value is -3.47. The number of primary amides is 1. The molecule has 3 amide bonds. The Morgan fingerprint density at radius 2 is 1.49 bits per heavy atom. The normalized spacial score (nSPS) is 15.9. The molecule has 0 radical (unpaired) electrons. The number of ether oxygens (including phenoxy) is 2. The van der Waals surface area contributed by atoms with Gasteiger partial charge in [0.1, 0.15) is 23.8 Å². The van der Waals surface area contributed by atoms with Crippen LogP contribution in [0.15, 0.2) is 30.3 Å². The van der Waals surface area contributed by atoms with Crippen molar-refractivity contribution in [2.24, 2.45) is 11.5 Å². The lowest BCUT2D eigenvalue weighted by molar-refractivity contribution is -0.155. The second kappa shape index (κ2) is 18.3. The maximum absolute atomic E-state index is 13.3. The number of hydrogen-bond acceptors (Lipinski definition) is 8. The third kappa shape index (κ3) is 15.0. The number of benzene rings is 1. The standard InChI is InChI=1S/C32H50N4O7/c1-32(2,3)43-27(37)19-13-5-4-12-18-24(33)30(40)36-26(21-28(38)42-23-16-10-7-11-17-23)31(41)35-25(29(34)39)20-22-14-8-6-9-15-22/h6,8-9,14-15,23-26H,4-5,7,10-13,16-21,33H2,1-3H3,(H2,34,39)(H,35,41)(H,36,40)/t24-,25-,26-/m0/s1. The van der Waals surface area contributed by atoms with Crippen LogP contribution in [0.25, 0.3) is 0 Å². The summed E-state index contributed by atoms with van der Waals surface area (Å²) in [7, 11) is 0. The molecule has 1 aliphatic rings. The van der Waals surface area contributed by atoms with Gasteiger partial charge in [-0.15, -0.1) is 0 Å². The summed E-state index contributed by atoms with van der Waals surface area (Å²) in [4.78, 5) is 63.0. The number of carbonyl (C=O) groups excluding carboxylic acids is 5. The molecule has 11 heteroatoms. The van der Waals surface area contributed by atoms with E-state index in [9.17, 15) is 24.0 Å². The summed E-state index contributed by atoms with van der Waals surface area (Å²) < 4.78 is 10.9. The Bertz CT molecular complexity index is 1050. The van der Waals surface area contributed by atoms with Crippen LogP contribution in [0.1, 0.15) is 103 Å². The molecule has 6 N–H and O–H groups in total. The maximum Gasteiger partial charge on any atom is 0.308 e. The number of hydrogen-bond donors (Lipinski definition) is 4. The van der Waals surface area contributed by atoms with Crippen molar-refractivity contribution < 1.29 is 33.4 Å². The molecular formula is C32H50N4O7. The van der Waals surface area contributed by atoms with Gasteiger partial charge in [-0.3, -0.25) is 24.0 Å². The summed E-state index contributed by atoms with van der Waals surface area (Å²) in [5.74, 6) is -2.89. The predicted octanol–water partition coefficient (Wildman–Crippen LogP) is 2.96. The number of carbonyl (C=O) groups is 5. The molecule has 240 valence electrons. The van der Waals surface area contributed by atoms with Crippen molar-refractivity contribution in [2.45, 2.75) is 134 Å². The fraction of sp³-hybridized carbons (Fsp3) is 0.656. The summed E-state index contributed by atoms with van der Waals surface area (Å²) >= 11 is 0. The van der Waals surface area contributed by atoms with E-state index in [-0.39, 0.29) is 18.5 Å². The molecule has 0 saturated heterocycles. The molecule has 3 atom stereocenters. The average Bonchev–Trinajstić information content (AvgIpc) is 2.94. The molecule has 0 aliphatic heterocycles. The van der Waals surface area contributed by atoms with E-state index >= 15 is 0 Å². The zero-order chi connectivity index (χ0) is 31.8. The molecule has 1 aromatic rings. The third-order valence-electron chi connectivity index (χ3n) is 7.20. The van der Waals surface area contributed by atoms with Gasteiger partial charge in [0.05, 0.1) is 12.5 Å². The minimum atomic E-state index is -1.29. The van der Waals surface area contributed by atoms with Crippen LogP contribution in [-0.4, -0.2) is 59.5 Å². The van der Waals surface area contributed by atoms with Gasteiger partial charge >= 0.3 is 11.9 Å². The first-order valence-electron chi connectivity index (χ1n) is 15.4. The number of amides is 3. The lowest BCUT2D eigenvalue weighted by Crippen LogP contribution is -2.56. The molecule has 11 nitrogen and oxygen atoms in total. The SMILES string of the molecule is CC(C)(C)OC(=O)CCCCCC[C@H](N)C(=O)N[C@@H](CC(=O)OC1CCCCC1)C(=O)N[C@@H](Cc1ccccc1)C(N)=O. The lowest BCUT2D eigenvalue weighted by atomic mass is 9.98. The highest BCUT2D eigenvalue weighted by atomic mass is 16.6. The topological polar surface area (TPSA) is 180 Å². The highest BCUT2D eigenvalue weighted by molar-refractivity contribution is 5.94. The van der Waals surface area contributed by atoms with Gasteiger partial charge in [0.15, 0.2) is 0 Å². The average molecular weight is 603 g/mol. The molecule has 2 rings (SSSR count). The van der Waals surface area contributed by atoms with Gasteiger partial charge in [-0.2, -0.15) is 0 Å². The highest BCUT2D eigenvalue weighted by Gasteiger charge is 2.31. The molecule has 0 aromatic heterocycles. The van der Waals surface area contributed by atoms with Gasteiger partial charge < -0.3 is 31.6 Å². The van der Waals surface area contributed by atoms with Crippen LogP contribution in [0, 0.1) is 0 Å². The van der Waals surface area contributed by atoms with E-state index < -0.39 is 53.8 Å². The van der Waals surface area contributed by atoms with Crippen LogP contribution >= 0.6 is 0 Å². The van der Waals surface area contributed by atoms with Crippen molar-refractivity contribution in [1.82, 2.24) is 10.6 Å². The van der Waals surface area contributed by atoms with E-state index in [1.54, 1.807) is 12.1 Å². The van der Waals surface area contributed by atoms with Crippen molar-refractivity contribution >= 4 is 29.7 Å². The molecule has 1 fully saturated rings. The van der Waals surface area contributed by atoms with Gasteiger partial charge in [0, 0.05) is 12.8 Å². The fourth-order valence-corrected chi connectivity index (χ4v) is 4.93. The van der Waals surface area contributed by atoms with E-state index in [2.05, 4.69) is 10.6 Å². The minimum Gasteiger partial charge on any atom is -0.462 e. The zero-order valence-electron chi connectivity index (χ0n) is 25.9. The van der Waals surface area contributed by atoms with Crippen molar-refractivity contribution in [3.8, 4) is 0 Å². The van der Waals surface area contributed by atoms with E-state index in [1.807, 2.05) is 39.0 Å². The van der Waals surface area contributed by atoms with E-state index in [4.69, 9.17) is 20.9 Å². The van der Waals surface area contributed by atoms with Gasteiger partial charge in [-0.25, -0.2) is 0 Å². The predicted molar refractivity (Wildman–Crippen MR) is 162 cm³/mol. The molecule has 0 heterocycles. The summed E-state index contributed by atoms with van der Waals surface area (Å²) in [5, 5.41) is 5.18. The Morgan fingerprint density at radius 3 is 2.12 bits per heavy atom. The summed E-state index contributed by atoms with van der Waals surface area (Å²) in [6, 6.07) is 5.81. The molecule has 1 saturated carbocycles.